The number of carbonyl (C=O) groups is 1. The molecule has 0 aromatic heterocycles. The topological polar surface area (TPSA) is 83.9 Å². The highest BCUT2D eigenvalue weighted by Crippen LogP contribution is 2.43. The molecule has 1 heterocycles. The number of hydrogen-bond acceptors (Lipinski definition) is 6. The summed E-state index contributed by atoms with van der Waals surface area (Å²) in [5.74, 6) is -1.35. The van der Waals surface area contributed by atoms with Gasteiger partial charge in [-0.2, -0.15) is 0 Å². The highest BCUT2D eigenvalue weighted by atomic mass is 32.2. The van der Waals surface area contributed by atoms with Gasteiger partial charge in [-0.25, -0.2) is 17.6 Å². The second-order valence-electron chi connectivity index (χ2n) is 7.61. The van der Waals surface area contributed by atoms with Crippen molar-refractivity contribution in [2.75, 3.05) is 23.5 Å². The average molecular weight is 480 g/mol. The quantitative estimate of drug-likeness (QED) is 0.314. The summed E-state index contributed by atoms with van der Waals surface area (Å²) in [7, 11) is -3.64. The summed E-state index contributed by atoms with van der Waals surface area (Å²) in [4.78, 5) is 13.5. The summed E-state index contributed by atoms with van der Waals surface area (Å²) in [5.41, 5.74) is 1.22. The minimum absolute atomic E-state index is 0.000709. The van der Waals surface area contributed by atoms with Crippen LogP contribution in [0.1, 0.15) is 26.2 Å². The Hall–Kier alpha value is -2.52. The lowest BCUT2D eigenvalue weighted by atomic mass is 10.0. The number of benzene rings is 2. The van der Waals surface area contributed by atoms with Crippen molar-refractivity contribution in [2.24, 2.45) is 5.92 Å². The molecule has 1 aliphatic heterocycles. The number of rotatable bonds is 8. The van der Waals surface area contributed by atoms with Crippen molar-refractivity contribution >= 4 is 38.9 Å². The Morgan fingerprint density at radius 1 is 1.31 bits per heavy atom. The predicted octanol–water partition coefficient (Wildman–Crippen LogP) is 5.26. The zero-order valence-corrected chi connectivity index (χ0v) is 19.6. The molecular weight excluding hydrogens is 453 g/mol. The van der Waals surface area contributed by atoms with Crippen molar-refractivity contribution in [3.8, 4) is 5.75 Å². The van der Waals surface area contributed by atoms with E-state index in [9.17, 15) is 17.6 Å². The van der Waals surface area contributed by atoms with Crippen LogP contribution in [0.2, 0.25) is 0 Å². The number of nitrogens with zero attached hydrogens (tertiary/aromatic N) is 1. The molecule has 0 amide bonds. The van der Waals surface area contributed by atoms with Gasteiger partial charge >= 0.3 is 5.97 Å². The van der Waals surface area contributed by atoms with Gasteiger partial charge in [-0.05, 0) is 48.9 Å². The average Bonchev–Trinajstić information content (AvgIpc) is 2.85. The van der Waals surface area contributed by atoms with Gasteiger partial charge in [-0.15, -0.1) is 11.8 Å². The Morgan fingerprint density at radius 2 is 2.03 bits per heavy atom. The summed E-state index contributed by atoms with van der Waals surface area (Å²) in [5, 5.41) is 8.81. The van der Waals surface area contributed by atoms with Crippen LogP contribution < -0.4 is 9.64 Å². The van der Waals surface area contributed by atoms with Gasteiger partial charge in [0.15, 0.2) is 9.84 Å². The van der Waals surface area contributed by atoms with Gasteiger partial charge in [0.05, 0.1) is 33.6 Å². The van der Waals surface area contributed by atoms with Crippen LogP contribution in [0.15, 0.2) is 58.5 Å². The minimum atomic E-state index is -3.64. The van der Waals surface area contributed by atoms with Crippen LogP contribution in [0.4, 0.5) is 15.8 Å². The molecular formula is C23H26FNO5S2. The SMILES string of the molecule is CCCCC1CN(c2ccc(F)cc2)c2cc(SC)c(O/C=C/C(=O)O)cc2S(=O)(=O)C1. The summed E-state index contributed by atoms with van der Waals surface area (Å²) < 4.78 is 45.8. The number of thioether (sulfide) groups is 1. The second kappa shape index (κ2) is 10.4. The second-order valence-corrected chi connectivity index (χ2v) is 10.5. The lowest BCUT2D eigenvalue weighted by molar-refractivity contribution is -0.131. The molecule has 1 aliphatic rings. The molecule has 0 bridgehead atoms. The van der Waals surface area contributed by atoms with E-state index in [0.717, 1.165) is 31.6 Å². The van der Waals surface area contributed by atoms with Gasteiger partial charge in [0.25, 0.3) is 0 Å². The van der Waals surface area contributed by atoms with E-state index in [2.05, 4.69) is 6.92 Å². The minimum Gasteiger partial charge on any atom is -0.478 e. The van der Waals surface area contributed by atoms with Crippen molar-refractivity contribution in [2.45, 2.75) is 36.0 Å². The van der Waals surface area contributed by atoms with Crippen molar-refractivity contribution in [1.29, 1.82) is 0 Å². The number of carboxylic acids is 1. The largest absolute Gasteiger partial charge is 0.478 e. The fourth-order valence-electron chi connectivity index (χ4n) is 3.75. The van der Waals surface area contributed by atoms with E-state index < -0.39 is 15.8 Å². The van der Waals surface area contributed by atoms with Crippen molar-refractivity contribution in [3.05, 3.63) is 54.6 Å². The maximum absolute atomic E-state index is 13.6. The molecule has 172 valence electrons. The van der Waals surface area contributed by atoms with Gasteiger partial charge in [-0.3, -0.25) is 0 Å². The number of anilines is 2. The molecule has 3 rings (SSSR count). The van der Waals surface area contributed by atoms with Crippen LogP contribution in [-0.4, -0.2) is 38.0 Å². The molecule has 2 aromatic rings. The molecule has 9 heteroatoms. The number of hydrogen-bond donors (Lipinski definition) is 1. The monoisotopic (exact) mass is 479 g/mol. The zero-order valence-electron chi connectivity index (χ0n) is 18.0. The van der Waals surface area contributed by atoms with Gasteiger partial charge in [0.1, 0.15) is 11.6 Å². The molecule has 0 radical (unpaired) electrons. The van der Waals surface area contributed by atoms with Crippen LogP contribution in [0, 0.1) is 11.7 Å². The molecule has 2 aromatic carbocycles. The first-order valence-electron chi connectivity index (χ1n) is 10.3. The predicted molar refractivity (Wildman–Crippen MR) is 124 cm³/mol. The molecule has 0 aliphatic carbocycles. The van der Waals surface area contributed by atoms with Gasteiger partial charge in [0, 0.05) is 18.3 Å². The Labute approximate surface area is 192 Å². The van der Waals surface area contributed by atoms with Gasteiger partial charge in [-0.1, -0.05) is 19.8 Å². The fourth-order valence-corrected chi connectivity index (χ4v) is 6.13. The first-order chi connectivity index (χ1) is 15.2. The molecule has 1 atom stereocenters. The number of sulfone groups is 1. The smallest absolute Gasteiger partial charge is 0.331 e. The molecule has 6 nitrogen and oxygen atoms in total. The Balaban J connectivity index is 2.15. The molecule has 0 saturated carbocycles. The molecule has 1 unspecified atom stereocenters. The number of unbranched alkanes of at least 4 members (excludes halogenated alkanes) is 1. The number of aliphatic carboxylic acids is 1. The molecule has 0 spiro atoms. The third-order valence-electron chi connectivity index (χ3n) is 5.28. The van der Waals surface area contributed by atoms with Crippen molar-refractivity contribution in [1.82, 2.24) is 0 Å². The van der Waals surface area contributed by atoms with E-state index in [4.69, 9.17) is 9.84 Å². The summed E-state index contributed by atoms with van der Waals surface area (Å²) in [6.45, 7) is 2.56. The van der Waals surface area contributed by atoms with E-state index in [1.165, 1.54) is 30.0 Å². The van der Waals surface area contributed by atoms with Crippen LogP contribution in [0.5, 0.6) is 5.75 Å². The third kappa shape index (κ3) is 5.63. The van der Waals surface area contributed by atoms with E-state index in [1.54, 1.807) is 18.2 Å². The highest BCUT2D eigenvalue weighted by Gasteiger charge is 2.33. The van der Waals surface area contributed by atoms with E-state index in [-0.39, 0.29) is 28.1 Å². The zero-order chi connectivity index (χ0) is 23.3. The number of ether oxygens (including phenoxy) is 1. The summed E-state index contributed by atoms with van der Waals surface area (Å²) in [6.07, 6.45) is 6.34. The standard InChI is InChI=1S/C23H26FNO5S2/c1-3-4-5-16-14-25(18-8-6-17(24)7-9-18)19-12-21(31-2)20(30-11-10-23(26)27)13-22(19)32(28,29)15-16/h6-13,16H,3-5,14-15H2,1-2H3,(H,26,27)/b11-10+. The van der Waals surface area contributed by atoms with E-state index in [0.29, 0.717) is 22.8 Å². The van der Waals surface area contributed by atoms with Crippen LogP contribution in [0.3, 0.4) is 0 Å². The van der Waals surface area contributed by atoms with Crippen molar-refractivity contribution in [3.63, 3.8) is 0 Å². The van der Waals surface area contributed by atoms with Crippen molar-refractivity contribution < 1.29 is 27.4 Å². The van der Waals surface area contributed by atoms with Crippen LogP contribution in [-0.2, 0) is 14.6 Å². The number of fused-ring (bicyclic) bond motifs is 1. The fraction of sp³-hybridized carbons (Fsp3) is 0.348. The highest BCUT2D eigenvalue weighted by molar-refractivity contribution is 7.98. The summed E-state index contributed by atoms with van der Waals surface area (Å²) >= 11 is 1.36. The number of carboxylic acid groups (broad SMARTS) is 1. The molecule has 1 N–H and O–H groups in total. The lowest BCUT2D eigenvalue weighted by Gasteiger charge is -2.28. The first-order valence-corrected chi connectivity index (χ1v) is 13.2. The summed E-state index contributed by atoms with van der Waals surface area (Å²) in [6, 6.07) is 9.21. The van der Waals surface area contributed by atoms with Gasteiger partial charge in [0.2, 0.25) is 0 Å². The first kappa shape index (κ1) is 24.1. The molecule has 32 heavy (non-hydrogen) atoms. The Bertz CT molecular complexity index is 1100. The van der Waals surface area contributed by atoms with E-state index in [1.807, 2.05) is 11.2 Å². The molecule has 0 saturated heterocycles. The Morgan fingerprint density at radius 3 is 2.66 bits per heavy atom. The van der Waals surface area contributed by atoms with Gasteiger partial charge < -0.3 is 14.7 Å². The Kier molecular flexibility index (Phi) is 7.84. The van der Waals surface area contributed by atoms with E-state index >= 15 is 0 Å². The molecule has 0 fully saturated rings. The van der Waals surface area contributed by atoms with Crippen LogP contribution >= 0.6 is 11.8 Å². The van der Waals surface area contributed by atoms with Crippen LogP contribution in [0.25, 0.3) is 0 Å². The lowest BCUT2D eigenvalue weighted by Crippen LogP contribution is -2.26. The normalized spacial score (nSPS) is 17.7. The maximum atomic E-state index is 13.6. The number of halogens is 1. The maximum Gasteiger partial charge on any atom is 0.331 e. The third-order valence-corrected chi connectivity index (χ3v) is 7.94.